The van der Waals surface area contributed by atoms with Crippen molar-refractivity contribution in [1.82, 2.24) is 4.90 Å². The number of hydrogen-bond donors (Lipinski definition) is 0. The third-order valence-corrected chi connectivity index (χ3v) is 4.64. The molecule has 0 unspecified atom stereocenters. The number of hydrogen-bond acceptors (Lipinski definition) is 3. The molecule has 3 heteroatoms. The molecule has 3 nitrogen and oxygen atoms in total. The van der Waals surface area contributed by atoms with E-state index in [0.29, 0.717) is 6.54 Å². The van der Waals surface area contributed by atoms with Crippen LogP contribution >= 0.6 is 0 Å². The smallest absolute Gasteiger partial charge is 0.320 e. The Morgan fingerprint density at radius 1 is 0.692 bits per heavy atom. The van der Waals surface area contributed by atoms with Gasteiger partial charge in [-0.3, -0.25) is 9.69 Å². The highest BCUT2D eigenvalue weighted by atomic mass is 16.6. The Hall–Kier alpha value is -0.570. The van der Waals surface area contributed by atoms with Gasteiger partial charge in [0.1, 0.15) is 5.60 Å². The van der Waals surface area contributed by atoms with E-state index >= 15 is 0 Å². The van der Waals surface area contributed by atoms with Crippen LogP contribution in [0.5, 0.6) is 0 Å². The van der Waals surface area contributed by atoms with Gasteiger partial charge >= 0.3 is 5.97 Å². The number of nitrogens with zero attached hydrogens (tertiary/aromatic N) is 1. The lowest BCUT2D eigenvalue weighted by atomic mass is 10.1. The van der Waals surface area contributed by atoms with Crippen LogP contribution in [0.15, 0.2) is 0 Å². The van der Waals surface area contributed by atoms with Crippen LogP contribution in [0, 0.1) is 0 Å². The number of carbonyl (C=O) groups excluding carboxylic acids is 1. The first kappa shape index (κ1) is 25.4. The lowest BCUT2D eigenvalue weighted by Gasteiger charge is -2.24. The summed E-state index contributed by atoms with van der Waals surface area (Å²) in [7, 11) is 0. The van der Waals surface area contributed by atoms with Crippen molar-refractivity contribution in [2.75, 3.05) is 19.6 Å². The molecular weight excluding hydrogens is 322 g/mol. The van der Waals surface area contributed by atoms with E-state index in [2.05, 4.69) is 18.7 Å². The number of ether oxygens (including phenoxy) is 1. The summed E-state index contributed by atoms with van der Waals surface area (Å²) in [6.45, 7) is 12.7. The van der Waals surface area contributed by atoms with Gasteiger partial charge in [-0.15, -0.1) is 0 Å². The van der Waals surface area contributed by atoms with Gasteiger partial charge in [0.2, 0.25) is 0 Å². The molecule has 0 aliphatic heterocycles. The molecule has 0 aliphatic rings. The Bertz CT molecular complexity index is 323. The lowest BCUT2D eigenvalue weighted by molar-refractivity contribution is -0.156. The molecule has 0 aliphatic carbocycles. The van der Waals surface area contributed by atoms with Crippen LogP contribution in [0.1, 0.15) is 118 Å². The quantitative estimate of drug-likeness (QED) is 0.210. The van der Waals surface area contributed by atoms with E-state index in [1.807, 2.05) is 20.8 Å². The van der Waals surface area contributed by atoms with Crippen LogP contribution in [-0.2, 0) is 9.53 Å². The summed E-state index contributed by atoms with van der Waals surface area (Å²) >= 11 is 0. The van der Waals surface area contributed by atoms with E-state index < -0.39 is 0 Å². The zero-order valence-corrected chi connectivity index (χ0v) is 18.6. The van der Waals surface area contributed by atoms with Gasteiger partial charge in [0, 0.05) is 0 Å². The average molecular weight is 370 g/mol. The molecule has 0 heterocycles. The molecule has 0 atom stereocenters. The Labute approximate surface area is 164 Å². The third kappa shape index (κ3) is 18.2. The zero-order valence-electron chi connectivity index (χ0n) is 18.6. The van der Waals surface area contributed by atoms with Crippen LogP contribution in [-0.4, -0.2) is 36.1 Å². The molecule has 0 aromatic rings. The van der Waals surface area contributed by atoms with Gasteiger partial charge in [-0.05, 0) is 46.7 Å². The second-order valence-electron chi connectivity index (χ2n) is 8.75. The van der Waals surface area contributed by atoms with Gasteiger partial charge < -0.3 is 4.74 Å². The molecule has 0 fully saturated rings. The normalized spacial score (nSPS) is 11.9. The van der Waals surface area contributed by atoms with Crippen LogP contribution < -0.4 is 0 Å². The van der Waals surface area contributed by atoms with E-state index in [4.69, 9.17) is 4.74 Å². The van der Waals surface area contributed by atoms with Crippen molar-refractivity contribution >= 4 is 5.97 Å². The molecular formula is C23H47NO2. The van der Waals surface area contributed by atoms with Crippen LogP contribution in [0.4, 0.5) is 0 Å². The second kappa shape index (κ2) is 16.6. The summed E-state index contributed by atoms with van der Waals surface area (Å²) in [5, 5.41) is 0. The fourth-order valence-electron chi connectivity index (χ4n) is 3.32. The maximum Gasteiger partial charge on any atom is 0.320 e. The van der Waals surface area contributed by atoms with Crippen LogP contribution in [0.2, 0.25) is 0 Å². The number of esters is 1. The monoisotopic (exact) mass is 369 g/mol. The molecule has 156 valence electrons. The van der Waals surface area contributed by atoms with Gasteiger partial charge in [-0.2, -0.15) is 0 Å². The van der Waals surface area contributed by atoms with Crippen molar-refractivity contribution in [3.63, 3.8) is 0 Å². The van der Waals surface area contributed by atoms with Crippen molar-refractivity contribution < 1.29 is 9.53 Å². The summed E-state index contributed by atoms with van der Waals surface area (Å²) in [5.74, 6) is -0.0927. The summed E-state index contributed by atoms with van der Waals surface area (Å²) < 4.78 is 5.45. The minimum atomic E-state index is -0.384. The van der Waals surface area contributed by atoms with Crippen molar-refractivity contribution in [2.24, 2.45) is 0 Å². The van der Waals surface area contributed by atoms with Gasteiger partial charge in [0.25, 0.3) is 0 Å². The average Bonchev–Trinajstić information content (AvgIpc) is 2.54. The second-order valence-corrected chi connectivity index (χ2v) is 8.75. The Kier molecular flexibility index (Phi) is 16.2. The molecule has 0 N–H and O–H groups in total. The fraction of sp³-hybridized carbons (Fsp3) is 0.957. The Morgan fingerprint density at radius 3 is 1.58 bits per heavy atom. The highest BCUT2D eigenvalue weighted by molar-refractivity contribution is 5.72. The van der Waals surface area contributed by atoms with E-state index in [-0.39, 0.29) is 11.6 Å². The Morgan fingerprint density at radius 2 is 1.15 bits per heavy atom. The first-order valence-electron chi connectivity index (χ1n) is 11.3. The highest BCUT2D eigenvalue weighted by Crippen LogP contribution is 2.12. The first-order chi connectivity index (χ1) is 12.4. The largest absolute Gasteiger partial charge is 0.459 e. The van der Waals surface area contributed by atoms with Gasteiger partial charge in [0.05, 0.1) is 6.54 Å². The van der Waals surface area contributed by atoms with Gasteiger partial charge in [-0.1, -0.05) is 84.5 Å². The molecule has 0 saturated carbocycles. The fourth-order valence-corrected chi connectivity index (χ4v) is 3.32. The molecule has 0 rings (SSSR count). The topological polar surface area (TPSA) is 29.5 Å². The van der Waals surface area contributed by atoms with E-state index in [9.17, 15) is 4.79 Å². The minimum absolute atomic E-state index is 0.0927. The number of carbonyl (C=O) groups is 1. The van der Waals surface area contributed by atoms with Crippen molar-refractivity contribution in [1.29, 1.82) is 0 Å². The molecule has 0 saturated heterocycles. The predicted octanol–water partition coefficient (Wildman–Crippen LogP) is 6.74. The first-order valence-corrected chi connectivity index (χ1v) is 11.3. The molecule has 0 aromatic carbocycles. The minimum Gasteiger partial charge on any atom is -0.459 e. The maximum absolute atomic E-state index is 12.0. The van der Waals surface area contributed by atoms with E-state index in [1.165, 1.54) is 77.0 Å². The van der Waals surface area contributed by atoms with Crippen LogP contribution in [0.25, 0.3) is 0 Å². The maximum atomic E-state index is 12.0. The van der Waals surface area contributed by atoms with E-state index in [1.54, 1.807) is 0 Å². The zero-order chi connectivity index (χ0) is 19.7. The van der Waals surface area contributed by atoms with Crippen LogP contribution in [0.3, 0.4) is 0 Å². The molecule has 0 aromatic heterocycles. The van der Waals surface area contributed by atoms with Crippen molar-refractivity contribution in [3.8, 4) is 0 Å². The van der Waals surface area contributed by atoms with Gasteiger partial charge in [-0.25, -0.2) is 0 Å². The molecule has 0 amide bonds. The standard InChI is InChI=1S/C23H47NO2/c1-6-8-9-10-11-12-13-14-15-16-17-18-20-24(19-7-2)21-22(25)26-23(3,4)5/h6-21H2,1-5H3. The summed E-state index contributed by atoms with van der Waals surface area (Å²) in [6, 6.07) is 0. The Balaban J connectivity index is 3.61. The van der Waals surface area contributed by atoms with Crippen molar-refractivity contribution in [3.05, 3.63) is 0 Å². The summed E-state index contributed by atoms with van der Waals surface area (Å²) in [5.41, 5.74) is -0.384. The predicted molar refractivity (Wildman–Crippen MR) is 114 cm³/mol. The van der Waals surface area contributed by atoms with Crippen molar-refractivity contribution in [2.45, 2.75) is 124 Å². The summed E-state index contributed by atoms with van der Waals surface area (Å²) in [6.07, 6.45) is 17.5. The van der Waals surface area contributed by atoms with E-state index in [0.717, 1.165) is 19.5 Å². The lowest BCUT2D eigenvalue weighted by Crippen LogP contribution is -2.36. The molecule has 0 spiro atoms. The third-order valence-electron chi connectivity index (χ3n) is 4.64. The number of rotatable bonds is 17. The van der Waals surface area contributed by atoms with Gasteiger partial charge in [0.15, 0.2) is 0 Å². The molecule has 0 bridgehead atoms. The SMILES string of the molecule is CCCCCCCCCCCCCCN(CCC)CC(=O)OC(C)(C)C. The summed E-state index contributed by atoms with van der Waals surface area (Å²) in [4.78, 5) is 14.3. The molecule has 0 radical (unpaired) electrons. The number of unbranched alkanes of at least 4 members (excludes halogenated alkanes) is 11. The molecule has 26 heavy (non-hydrogen) atoms. The highest BCUT2D eigenvalue weighted by Gasteiger charge is 2.18.